The molecule has 0 spiro atoms. The monoisotopic (exact) mass is 349 g/mol. The second-order valence-electron chi connectivity index (χ2n) is 6.71. The Morgan fingerprint density at radius 3 is 2.56 bits per heavy atom. The largest absolute Gasteiger partial charge is 0.388 e. The van der Waals surface area contributed by atoms with Crippen molar-refractivity contribution in [2.45, 2.75) is 18.9 Å². The second-order valence-corrected chi connectivity index (χ2v) is 6.71. The molecule has 7 heteroatoms. The van der Waals surface area contributed by atoms with Crippen LogP contribution in [0.4, 0.5) is 4.39 Å². The van der Waals surface area contributed by atoms with Crippen LogP contribution in [-0.4, -0.2) is 66.0 Å². The molecule has 0 aromatic heterocycles. The molecule has 0 bridgehead atoms. The van der Waals surface area contributed by atoms with E-state index in [-0.39, 0.29) is 30.1 Å². The van der Waals surface area contributed by atoms with E-state index < -0.39 is 6.10 Å². The van der Waals surface area contributed by atoms with Gasteiger partial charge in [-0.15, -0.1) is 0 Å². The lowest BCUT2D eigenvalue weighted by molar-refractivity contribution is -0.142. The van der Waals surface area contributed by atoms with Gasteiger partial charge in [0.15, 0.2) is 0 Å². The Morgan fingerprint density at radius 2 is 1.92 bits per heavy atom. The minimum absolute atomic E-state index is 0.0371. The van der Waals surface area contributed by atoms with Gasteiger partial charge in [-0.05, 0) is 36.5 Å². The highest BCUT2D eigenvalue weighted by Gasteiger charge is 2.30. The Bertz CT molecular complexity index is 614. The van der Waals surface area contributed by atoms with Gasteiger partial charge < -0.3 is 20.2 Å². The quantitative estimate of drug-likeness (QED) is 0.832. The number of carbonyl (C=O) groups excluding carboxylic acids is 2. The molecule has 1 atom stereocenters. The molecule has 1 aromatic rings. The van der Waals surface area contributed by atoms with Gasteiger partial charge in [-0.2, -0.15) is 0 Å². The highest BCUT2D eigenvalue weighted by atomic mass is 19.1. The molecule has 0 aliphatic carbocycles. The molecule has 3 rings (SSSR count). The summed E-state index contributed by atoms with van der Waals surface area (Å²) in [5, 5.41) is 13.5. The van der Waals surface area contributed by atoms with Gasteiger partial charge in [0.05, 0.1) is 19.2 Å². The normalized spacial score (nSPS) is 20.6. The number of benzene rings is 1. The number of piperidine rings is 1. The number of nitrogens with one attached hydrogen (secondary N) is 1. The molecule has 136 valence electrons. The Morgan fingerprint density at radius 1 is 1.24 bits per heavy atom. The lowest BCUT2D eigenvalue weighted by atomic mass is 9.87. The predicted octanol–water partition coefficient (Wildman–Crippen LogP) is 0.530. The summed E-state index contributed by atoms with van der Waals surface area (Å²) in [7, 11) is 0. The van der Waals surface area contributed by atoms with Gasteiger partial charge in [0.2, 0.25) is 11.8 Å². The summed E-state index contributed by atoms with van der Waals surface area (Å²) in [6.07, 6.45) is 0.743. The number of carbonyl (C=O) groups is 2. The van der Waals surface area contributed by atoms with Gasteiger partial charge in [-0.25, -0.2) is 4.39 Å². The number of amides is 2. The highest BCUT2D eigenvalue weighted by Crippen LogP contribution is 2.30. The molecule has 2 heterocycles. The van der Waals surface area contributed by atoms with Gasteiger partial charge in [0, 0.05) is 26.2 Å². The van der Waals surface area contributed by atoms with Crippen LogP contribution in [-0.2, 0) is 9.59 Å². The number of piperazine rings is 1. The van der Waals surface area contributed by atoms with Crippen LogP contribution in [0.15, 0.2) is 24.3 Å². The molecule has 1 aromatic carbocycles. The van der Waals surface area contributed by atoms with Crippen LogP contribution in [0.2, 0.25) is 0 Å². The standard InChI is InChI=1S/C18H24FN3O3/c19-15-3-1-13(2-4-15)18(25)14-5-8-21(9-6-14)17(24)12-22-10-7-20-11-16(22)23/h1-4,14,18,20,25H,5-12H2/t18-/m0/s1. The Kier molecular flexibility index (Phi) is 5.65. The maximum atomic E-state index is 13.0. The fourth-order valence-corrected chi connectivity index (χ4v) is 3.47. The molecule has 2 N–H and O–H groups in total. The summed E-state index contributed by atoms with van der Waals surface area (Å²) in [5.74, 6) is -0.347. The third-order valence-electron chi connectivity index (χ3n) is 5.06. The first-order chi connectivity index (χ1) is 12.0. The van der Waals surface area contributed by atoms with E-state index in [1.54, 1.807) is 21.9 Å². The third kappa shape index (κ3) is 4.35. The van der Waals surface area contributed by atoms with Gasteiger partial charge in [-0.1, -0.05) is 12.1 Å². The molecular weight excluding hydrogens is 325 g/mol. The lowest BCUT2D eigenvalue weighted by Crippen LogP contribution is -2.52. The molecule has 6 nitrogen and oxygen atoms in total. The van der Waals surface area contributed by atoms with Crippen LogP contribution in [0, 0.1) is 11.7 Å². The maximum absolute atomic E-state index is 13.0. The molecule has 0 saturated carbocycles. The van der Waals surface area contributed by atoms with Gasteiger partial charge in [0.1, 0.15) is 5.82 Å². The van der Waals surface area contributed by atoms with Crippen molar-refractivity contribution in [3.8, 4) is 0 Å². The smallest absolute Gasteiger partial charge is 0.242 e. The number of hydrogen-bond acceptors (Lipinski definition) is 4. The number of aliphatic hydroxyl groups excluding tert-OH is 1. The van der Waals surface area contributed by atoms with E-state index >= 15 is 0 Å². The molecule has 25 heavy (non-hydrogen) atoms. The number of nitrogens with zero attached hydrogens (tertiary/aromatic N) is 2. The Balaban J connectivity index is 1.50. The number of rotatable bonds is 4. The van der Waals surface area contributed by atoms with E-state index in [9.17, 15) is 19.1 Å². The second kappa shape index (κ2) is 7.93. The summed E-state index contributed by atoms with van der Waals surface area (Å²) < 4.78 is 13.0. The first-order valence-corrected chi connectivity index (χ1v) is 8.74. The summed E-state index contributed by atoms with van der Waals surface area (Å²) in [6, 6.07) is 5.91. The van der Waals surface area contributed by atoms with Crippen molar-refractivity contribution < 1.29 is 19.1 Å². The molecule has 2 amide bonds. The fourth-order valence-electron chi connectivity index (χ4n) is 3.47. The minimum Gasteiger partial charge on any atom is -0.388 e. The third-order valence-corrected chi connectivity index (χ3v) is 5.06. The van der Waals surface area contributed by atoms with Crippen molar-refractivity contribution in [1.29, 1.82) is 0 Å². The minimum atomic E-state index is -0.646. The van der Waals surface area contributed by atoms with E-state index in [1.807, 2.05) is 0 Å². The summed E-state index contributed by atoms with van der Waals surface area (Å²) in [5.41, 5.74) is 0.706. The molecule has 0 radical (unpaired) electrons. The molecule has 0 unspecified atom stereocenters. The zero-order valence-corrected chi connectivity index (χ0v) is 14.2. The van der Waals surface area contributed by atoms with Crippen LogP contribution in [0.3, 0.4) is 0 Å². The van der Waals surface area contributed by atoms with Gasteiger partial charge in [-0.3, -0.25) is 9.59 Å². The van der Waals surface area contributed by atoms with E-state index in [1.165, 1.54) is 12.1 Å². The van der Waals surface area contributed by atoms with E-state index in [0.29, 0.717) is 51.1 Å². The van der Waals surface area contributed by atoms with Crippen molar-refractivity contribution >= 4 is 11.8 Å². The zero-order valence-electron chi connectivity index (χ0n) is 14.2. The number of halogens is 1. The lowest BCUT2D eigenvalue weighted by Gasteiger charge is -2.36. The average molecular weight is 349 g/mol. The first-order valence-electron chi connectivity index (χ1n) is 8.74. The van der Waals surface area contributed by atoms with E-state index in [4.69, 9.17) is 0 Å². The summed E-state index contributed by atoms with van der Waals surface area (Å²) >= 11 is 0. The number of hydrogen-bond donors (Lipinski definition) is 2. The zero-order chi connectivity index (χ0) is 17.8. The van der Waals surface area contributed by atoms with Crippen LogP contribution >= 0.6 is 0 Å². The van der Waals surface area contributed by atoms with Crippen molar-refractivity contribution in [2.75, 3.05) is 39.3 Å². The molecule has 2 fully saturated rings. The fraction of sp³-hybridized carbons (Fsp3) is 0.556. The maximum Gasteiger partial charge on any atom is 0.242 e. The molecular formula is C18H24FN3O3. The average Bonchev–Trinajstić information content (AvgIpc) is 2.64. The number of likely N-dealkylation sites (tertiary alicyclic amines) is 1. The summed E-state index contributed by atoms with van der Waals surface area (Å²) in [6.45, 7) is 2.84. The van der Waals surface area contributed by atoms with Crippen molar-refractivity contribution in [3.05, 3.63) is 35.6 Å². The van der Waals surface area contributed by atoms with Crippen molar-refractivity contribution in [3.63, 3.8) is 0 Å². The number of aliphatic hydroxyl groups is 1. The molecule has 2 saturated heterocycles. The molecule has 2 aliphatic rings. The Labute approximate surface area is 146 Å². The molecule has 2 aliphatic heterocycles. The van der Waals surface area contributed by atoms with Crippen LogP contribution in [0.5, 0.6) is 0 Å². The SMILES string of the molecule is O=C(CN1CCNCC1=O)N1CCC([C@@H](O)c2ccc(F)cc2)CC1. The van der Waals surface area contributed by atoms with Crippen LogP contribution in [0.1, 0.15) is 24.5 Å². The van der Waals surface area contributed by atoms with Gasteiger partial charge >= 0.3 is 0 Å². The van der Waals surface area contributed by atoms with Crippen molar-refractivity contribution in [2.24, 2.45) is 5.92 Å². The van der Waals surface area contributed by atoms with Gasteiger partial charge in [0.25, 0.3) is 0 Å². The topological polar surface area (TPSA) is 72.9 Å². The predicted molar refractivity (Wildman–Crippen MR) is 90.1 cm³/mol. The first kappa shape index (κ1) is 17.8. The Hall–Kier alpha value is -1.99. The van der Waals surface area contributed by atoms with E-state index in [0.717, 1.165) is 0 Å². The van der Waals surface area contributed by atoms with Crippen LogP contribution < -0.4 is 5.32 Å². The van der Waals surface area contributed by atoms with Crippen LogP contribution in [0.25, 0.3) is 0 Å². The summed E-state index contributed by atoms with van der Waals surface area (Å²) in [4.78, 5) is 27.5. The van der Waals surface area contributed by atoms with Crippen molar-refractivity contribution in [1.82, 2.24) is 15.1 Å². The highest BCUT2D eigenvalue weighted by molar-refractivity contribution is 5.86. The van der Waals surface area contributed by atoms with E-state index in [2.05, 4.69) is 5.32 Å².